The summed E-state index contributed by atoms with van der Waals surface area (Å²) >= 11 is 5.93. The number of nitrogens with one attached hydrogen (secondary N) is 2. The molecule has 1 aliphatic heterocycles. The smallest absolute Gasteiger partial charge is 0.313 e. The third kappa shape index (κ3) is 5.92. The molecule has 6 nitrogen and oxygen atoms in total. The molecule has 0 bridgehead atoms. The number of carbonyl (C=O) groups is 2. The van der Waals surface area contributed by atoms with Crippen molar-refractivity contribution in [2.75, 3.05) is 49.5 Å². The molecule has 8 heteroatoms. The highest BCUT2D eigenvalue weighted by molar-refractivity contribution is 6.40. The first-order valence-corrected chi connectivity index (χ1v) is 9.88. The highest BCUT2D eigenvalue weighted by Crippen LogP contribution is 2.20. The number of halogens is 2. The minimum Gasteiger partial charge on any atom is -0.369 e. The second-order valence-electron chi connectivity index (χ2n) is 6.97. The fraction of sp³-hybridized carbons (Fsp3) is 0.333. The summed E-state index contributed by atoms with van der Waals surface area (Å²) in [5.41, 5.74) is 2.36. The summed E-state index contributed by atoms with van der Waals surface area (Å²) in [6.07, 6.45) is 0. The Bertz CT molecular complexity index is 867. The van der Waals surface area contributed by atoms with E-state index in [9.17, 15) is 14.0 Å². The van der Waals surface area contributed by atoms with Crippen molar-refractivity contribution in [2.45, 2.75) is 6.92 Å². The van der Waals surface area contributed by atoms with Crippen molar-refractivity contribution in [1.82, 2.24) is 10.2 Å². The molecular formula is C21H24ClFN4O2. The fourth-order valence-electron chi connectivity index (χ4n) is 3.20. The molecule has 0 saturated carbocycles. The number of hydrogen-bond donors (Lipinski definition) is 2. The quantitative estimate of drug-likeness (QED) is 0.733. The Morgan fingerprint density at radius 2 is 1.72 bits per heavy atom. The van der Waals surface area contributed by atoms with E-state index in [1.165, 1.54) is 12.1 Å². The number of nitrogens with zero attached hydrogens (tertiary/aromatic N) is 2. The van der Waals surface area contributed by atoms with Gasteiger partial charge in [-0.3, -0.25) is 14.5 Å². The van der Waals surface area contributed by atoms with Crippen molar-refractivity contribution in [3.63, 3.8) is 0 Å². The van der Waals surface area contributed by atoms with Gasteiger partial charge in [-0.15, -0.1) is 0 Å². The minimum atomic E-state index is -0.712. The third-order valence-electron chi connectivity index (χ3n) is 4.93. The van der Waals surface area contributed by atoms with E-state index >= 15 is 0 Å². The summed E-state index contributed by atoms with van der Waals surface area (Å²) in [6, 6.07) is 11.6. The zero-order chi connectivity index (χ0) is 20.8. The van der Waals surface area contributed by atoms with Crippen LogP contribution < -0.4 is 15.5 Å². The van der Waals surface area contributed by atoms with Crippen LogP contribution >= 0.6 is 11.6 Å². The van der Waals surface area contributed by atoms with Crippen molar-refractivity contribution < 1.29 is 14.0 Å². The SMILES string of the molecule is Cc1ccc(Cl)cc1NC(=O)C(=O)NCCN1CCN(c2ccc(F)cc2)CC1. The lowest BCUT2D eigenvalue weighted by Gasteiger charge is -2.36. The predicted molar refractivity (Wildman–Crippen MR) is 113 cm³/mol. The summed E-state index contributed by atoms with van der Waals surface area (Å²) in [4.78, 5) is 28.5. The largest absolute Gasteiger partial charge is 0.369 e. The van der Waals surface area contributed by atoms with E-state index in [4.69, 9.17) is 11.6 Å². The molecule has 0 radical (unpaired) electrons. The first kappa shape index (κ1) is 21.1. The minimum absolute atomic E-state index is 0.238. The van der Waals surface area contributed by atoms with Gasteiger partial charge in [0.15, 0.2) is 0 Å². The van der Waals surface area contributed by atoms with Crippen LogP contribution in [0.4, 0.5) is 15.8 Å². The van der Waals surface area contributed by atoms with Crippen LogP contribution in [0, 0.1) is 12.7 Å². The Hall–Kier alpha value is -2.64. The number of rotatable bonds is 5. The lowest BCUT2D eigenvalue weighted by atomic mass is 10.2. The van der Waals surface area contributed by atoms with Crippen LogP contribution in [-0.4, -0.2) is 56.0 Å². The first-order chi connectivity index (χ1) is 13.9. The zero-order valence-electron chi connectivity index (χ0n) is 16.3. The second-order valence-corrected chi connectivity index (χ2v) is 7.41. The van der Waals surface area contributed by atoms with Crippen LogP contribution in [-0.2, 0) is 9.59 Å². The number of piperazine rings is 1. The Balaban J connectivity index is 1.39. The molecule has 0 unspecified atom stereocenters. The Kier molecular flexibility index (Phi) is 7.06. The predicted octanol–water partition coefficient (Wildman–Crippen LogP) is 2.66. The van der Waals surface area contributed by atoms with Gasteiger partial charge in [0.2, 0.25) is 0 Å². The van der Waals surface area contributed by atoms with Crippen molar-refractivity contribution >= 4 is 34.8 Å². The van der Waals surface area contributed by atoms with E-state index in [-0.39, 0.29) is 5.82 Å². The summed E-state index contributed by atoms with van der Waals surface area (Å²) in [7, 11) is 0. The maximum atomic E-state index is 13.0. The molecule has 0 spiro atoms. The molecule has 1 heterocycles. The van der Waals surface area contributed by atoms with Gasteiger partial charge in [0.05, 0.1) is 0 Å². The van der Waals surface area contributed by atoms with Gasteiger partial charge in [-0.25, -0.2) is 4.39 Å². The van der Waals surface area contributed by atoms with E-state index in [2.05, 4.69) is 20.4 Å². The van der Waals surface area contributed by atoms with Gasteiger partial charge in [-0.2, -0.15) is 0 Å². The lowest BCUT2D eigenvalue weighted by molar-refractivity contribution is -0.136. The number of benzene rings is 2. The standard InChI is InChI=1S/C21H24ClFN4O2/c1-15-2-3-16(22)14-19(15)25-21(29)20(28)24-8-9-26-10-12-27(13-11-26)18-6-4-17(23)5-7-18/h2-7,14H,8-13H2,1H3,(H,24,28)(H,25,29). The topological polar surface area (TPSA) is 64.7 Å². The maximum absolute atomic E-state index is 13.0. The molecule has 0 atom stereocenters. The summed E-state index contributed by atoms with van der Waals surface area (Å²) in [6.45, 7) is 6.20. The van der Waals surface area contributed by atoms with E-state index < -0.39 is 11.8 Å². The van der Waals surface area contributed by atoms with Crippen LogP contribution in [0.3, 0.4) is 0 Å². The average molecular weight is 419 g/mol. The molecular weight excluding hydrogens is 395 g/mol. The van der Waals surface area contributed by atoms with E-state index in [0.717, 1.165) is 37.4 Å². The summed E-state index contributed by atoms with van der Waals surface area (Å²) in [5, 5.41) is 5.73. The van der Waals surface area contributed by atoms with E-state index in [1.54, 1.807) is 30.3 Å². The fourth-order valence-corrected chi connectivity index (χ4v) is 3.37. The molecule has 0 aromatic heterocycles. The van der Waals surface area contributed by atoms with E-state index in [1.807, 2.05) is 6.92 Å². The highest BCUT2D eigenvalue weighted by atomic mass is 35.5. The first-order valence-electron chi connectivity index (χ1n) is 9.50. The maximum Gasteiger partial charge on any atom is 0.313 e. The summed E-state index contributed by atoms with van der Waals surface area (Å²) in [5.74, 6) is -1.62. The molecule has 1 aliphatic rings. The van der Waals surface area contributed by atoms with E-state index in [0.29, 0.717) is 23.8 Å². The number of hydrogen-bond acceptors (Lipinski definition) is 4. The second kappa shape index (κ2) is 9.71. The van der Waals surface area contributed by atoms with Crippen LogP contribution in [0.5, 0.6) is 0 Å². The van der Waals surface area contributed by atoms with Crippen molar-refractivity contribution in [3.05, 3.63) is 58.9 Å². The number of carbonyl (C=O) groups excluding carboxylic acids is 2. The Morgan fingerprint density at radius 1 is 1.03 bits per heavy atom. The Labute approximate surface area is 174 Å². The summed E-state index contributed by atoms with van der Waals surface area (Å²) < 4.78 is 13.0. The van der Waals surface area contributed by atoms with Crippen LogP contribution in [0.1, 0.15) is 5.56 Å². The van der Waals surface area contributed by atoms with Gasteiger partial charge in [0.1, 0.15) is 5.82 Å². The van der Waals surface area contributed by atoms with Gasteiger partial charge in [-0.05, 0) is 48.9 Å². The third-order valence-corrected chi connectivity index (χ3v) is 5.17. The van der Waals surface area contributed by atoms with Gasteiger partial charge in [0.25, 0.3) is 0 Å². The molecule has 3 rings (SSSR count). The van der Waals surface area contributed by atoms with Crippen LogP contribution in [0.2, 0.25) is 5.02 Å². The van der Waals surface area contributed by atoms with Gasteiger partial charge >= 0.3 is 11.8 Å². The van der Waals surface area contributed by atoms with Gasteiger partial charge in [0, 0.05) is 55.7 Å². The Morgan fingerprint density at radius 3 is 2.41 bits per heavy atom. The van der Waals surface area contributed by atoms with Crippen molar-refractivity contribution in [1.29, 1.82) is 0 Å². The molecule has 1 saturated heterocycles. The number of anilines is 2. The van der Waals surface area contributed by atoms with Gasteiger partial charge in [-0.1, -0.05) is 17.7 Å². The molecule has 1 fully saturated rings. The van der Waals surface area contributed by atoms with Gasteiger partial charge < -0.3 is 15.5 Å². The number of amides is 2. The van der Waals surface area contributed by atoms with Crippen LogP contribution in [0.25, 0.3) is 0 Å². The molecule has 154 valence electrons. The molecule has 0 aliphatic carbocycles. The van der Waals surface area contributed by atoms with Crippen LogP contribution in [0.15, 0.2) is 42.5 Å². The molecule has 2 amide bonds. The highest BCUT2D eigenvalue weighted by Gasteiger charge is 2.18. The van der Waals surface area contributed by atoms with Crippen molar-refractivity contribution in [3.8, 4) is 0 Å². The average Bonchev–Trinajstić information content (AvgIpc) is 2.72. The number of aryl methyl sites for hydroxylation is 1. The normalized spacial score (nSPS) is 14.5. The monoisotopic (exact) mass is 418 g/mol. The molecule has 2 aromatic rings. The van der Waals surface area contributed by atoms with Crippen molar-refractivity contribution in [2.24, 2.45) is 0 Å². The zero-order valence-corrected chi connectivity index (χ0v) is 17.0. The molecule has 2 N–H and O–H groups in total. The molecule has 29 heavy (non-hydrogen) atoms. The molecule has 2 aromatic carbocycles. The lowest BCUT2D eigenvalue weighted by Crippen LogP contribution is -2.49.